The van der Waals surface area contributed by atoms with Gasteiger partial charge in [0.2, 0.25) is 0 Å². The molecule has 9 heteroatoms. The molecule has 2 aromatic heterocycles. The molecule has 29 heavy (non-hydrogen) atoms. The third-order valence-electron chi connectivity index (χ3n) is 5.06. The first-order chi connectivity index (χ1) is 13.8. The lowest BCUT2D eigenvalue weighted by atomic mass is 10.2. The molecule has 0 bridgehead atoms. The van der Waals surface area contributed by atoms with Gasteiger partial charge >= 0.3 is 6.03 Å². The zero-order valence-electron chi connectivity index (χ0n) is 17.1. The number of hydrogen-bond donors (Lipinski definition) is 2. The Morgan fingerprint density at radius 1 is 1.10 bits per heavy atom. The second kappa shape index (κ2) is 8.85. The van der Waals surface area contributed by atoms with Crippen molar-refractivity contribution in [2.24, 2.45) is 0 Å². The minimum atomic E-state index is -0.298. The van der Waals surface area contributed by atoms with E-state index in [4.69, 9.17) is 5.73 Å². The molecule has 0 radical (unpaired) electrons. The van der Waals surface area contributed by atoms with E-state index in [1.54, 1.807) is 25.5 Å². The summed E-state index contributed by atoms with van der Waals surface area (Å²) in [6, 6.07) is 3.79. The van der Waals surface area contributed by atoms with E-state index in [-0.39, 0.29) is 21.3 Å². The van der Waals surface area contributed by atoms with Crippen LogP contribution in [0.15, 0.2) is 24.5 Å². The van der Waals surface area contributed by atoms with Crippen molar-refractivity contribution in [2.45, 2.75) is 45.6 Å². The third-order valence-corrected chi connectivity index (χ3v) is 5.06. The Balaban J connectivity index is 0.000000373. The number of carbonyl (C=O) groups excluding carboxylic acids is 2. The molecule has 1 saturated heterocycles. The van der Waals surface area contributed by atoms with Gasteiger partial charge in [-0.2, -0.15) is 0 Å². The Kier molecular flexibility index (Phi) is 6.26. The number of nitrogens with one attached hydrogen (secondary N) is 1. The molecule has 2 fully saturated rings. The minimum absolute atomic E-state index is 0. The number of anilines is 3. The van der Waals surface area contributed by atoms with Gasteiger partial charge in [0.15, 0.2) is 0 Å². The number of likely N-dealkylation sites (N-methyl/N-ethyl adjacent to an activating group) is 1. The van der Waals surface area contributed by atoms with Crippen LogP contribution in [0.25, 0.3) is 0 Å². The van der Waals surface area contributed by atoms with Gasteiger partial charge in [0.25, 0.3) is 5.91 Å². The number of hydrogen-bond acceptors (Lipinski definition) is 7. The highest BCUT2D eigenvalue weighted by molar-refractivity contribution is 6.19. The molecular formula is C20H31N7O2. The molecule has 3 heterocycles. The van der Waals surface area contributed by atoms with Crippen LogP contribution in [0.2, 0.25) is 0 Å². The van der Waals surface area contributed by atoms with Gasteiger partial charge in [-0.15, -0.1) is 0 Å². The fourth-order valence-electron chi connectivity index (χ4n) is 3.32. The van der Waals surface area contributed by atoms with Gasteiger partial charge in [0, 0.05) is 15.9 Å². The second-order valence-electron chi connectivity index (χ2n) is 7.36. The van der Waals surface area contributed by atoms with Crippen LogP contribution in [0.1, 0.15) is 39.9 Å². The Hall–Kier alpha value is -3.23. The SMILES string of the molecule is CN1CC(=O)N(c2ccc(NC3CCCC3)nc2)C1=O.Cc1ncc(N)nc1C.[HH].[HH]. The van der Waals surface area contributed by atoms with Gasteiger partial charge in [-0.25, -0.2) is 19.7 Å². The van der Waals surface area contributed by atoms with E-state index >= 15 is 0 Å². The van der Waals surface area contributed by atoms with Crippen LogP contribution >= 0.6 is 0 Å². The number of rotatable bonds is 3. The smallest absolute Gasteiger partial charge is 0.331 e. The van der Waals surface area contributed by atoms with Crippen molar-refractivity contribution in [3.8, 4) is 0 Å². The first-order valence-corrected chi connectivity index (χ1v) is 9.71. The van der Waals surface area contributed by atoms with Gasteiger partial charge in [-0.05, 0) is 38.8 Å². The van der Waals surface area contributed by atoms with E-state index in [0.717, 1.165) is 17.2 Å². The summed E-state index contributed by atoms with van der Waals surface area (Å²) in [5.74, 6) is 1.07. The zero-order chi connectivity index (χ0) is 21.0. The minimum Gasteiger partial charge on any atom is -0.382 e. The number of nitrogen functional groups attached to an aromatic ring is 1. The zero-order valence-corrected chi connectivity index (χ0v) is 17.1. The predicted molar refractivity (Wildman–Crippen MR) is 116 cm³/mol. The topological polar surface area (TPSA) is 117 Å². The van der Waals surface area contributed by atoms with Crippen LogP contribution in [-0.4, -0.2) is 51.4 Å². The highest BCUT2D eigenvalue weighted by Gasteiger charge is 2.34. The van der Waals surface area contributed by atoms with Crippen LogP contribution in [0.3, 0.4) is 0 Å². The predicted octanol–water partition coefficient (Wildman–Crippen LogP) is 3.00. The van der Waals surface area contributed by atoms with Crippen LogP contribution in [0, 0.1) is 13.8 Å². The Labute approximate surface area is 173 Å². The fraction of sp³-hybridized carbons (Fsp3) is 0.450. The molecule has 3 N–H and O–H groups in total. The molecule has 3 amide bonds. The van der Waals surface area contributed by atoms with Crippen molar-refractivity contribution in [2.75, 3.05) is 29.5 Å². The molecule has 0 atom stereocenters. The van der Waals surface area contributed by atoms with Crippen molar-refractivity contribution >= 4 is 29.3 Å². The number of imide groups is 1. The van der Waals surface area contributed by atoms with Gasteiger partial charge < -0.3 is 16.0 Å². The van der Waals surface area contributed by atoms with Crippen molar-refractivity contribution in [1.29, 1.82) is 0 Å². The maximum Gasteiger partial charge on any atom is 0.331 e. The summed E-state index contributed by atoms with van der Waals surface area (Å²) < 4.78 is 0. The maximum absolute atomic E-state index is 11.9. The van der Waals surface area contributed by atoms with Crippen LogP contribution in [-0.2, 0) is 4.79 Å². The number of amides is 3. The first kappa shape index (κ1) is 20.5. The normalized spacial score (nSPS) is 16.8. The van der Waals surface area contributed by atoms with E-state index < -0.39 is 0 Å². The average molecular weight is 402 g/mol. The van der Waals surface area contributed by atoms with Gasteiger partial charge in [-0.1, -0.05) is 12.8 Å². The summed E-state index contributed by atoms with van der Waals surface area (Å²) in [6.45, 7) is 3.92. The molecule has 4 rings (SSSR count). The number of nitrogens with two attached hydrogens (primary N) is 1. The quantitative estimate of drug-likeness (QED) is 0.759. The highest BCUT2D eigenvalue weighted by Crippen LogP contribution is 2.24. The standard InChI is InChI=1S/C14H18N4O2.C6H9N3.2H2/c1-17-9-13(19)18(14(17)20)11-6-7-12(15-8-11)16-10-4-2-3-5-10;1-4-5(2)9-6(7)3-8-4;;/h6-8,10H,2-5,9H2,1H3,(H,15,16);3H,1-2H3,(H2,7,9);2*1H. The summed E-state index contributed by atoms with van der Waals surface area (Å²) >= 11 is 0. The lowest BCUT2D eigenvalue weighted by molar-refractivity contribution is -0.116. The number of urea groups is 1. The molecule has 158 valence electrons. The van der Waals surface area contributed by atoms with Crippen LogP contribution in [0.5, 0.6) is 0 Å². The fourth-order valence-corrected chi connectivity index (χ4v) is 3.32. The molecule has 0 unspecified atom stereocenters. The van der Waals surface area contributed by atoms with Crippen molar-refractivity contribution in [1.82, 2.24) is 19.9 Å². The number of carbonyl (C=O) groups is 2. The number of nitrogens with zero attached hydrogens (tertiary/aromatic N) is 5. The molecule has 0 aromatic carbocycles. The van der Waals surface area contributed by atoms with E-state index in [9.17, 15) is 9.59 Å². The first-order valence-electron chi connectivity index (χ1n) is 9.71. The largest absolute Gasteiger partial charge is 0.382 e. The van der Waals surface area contributed by atoms with E-state index in [1.165, 1.54) is 35.5 Å². The number of aromatic nitrogens is 3. The Morgan fingerprint density at radius 3 is 2.34 bits per heavy atom. The molecule has 2 aliphatic rings. The maximum atomic E-state index is 11.9. The molecule has 1 aliphatic carbocycles. The molecule has 1 aliphatic heterocycles. The third kappa shape index (κ3) is 4.98. The summed E-state index contributed by atoms with van der Waals surface area (Å²) in [5.41, 5.74) is 7.72. The summed E-state index contributed by atoms with van der Waals surface area (Å²) in [5, 5.41) is 3.38. The summed E-state index contributed by atoms with van der Waals surface area (Å²) in [7, 11) is 1.61. The average Bonchev–Trinajstić information content (AvgIpc) is 3.28. The second-order valence-corrected chi connectivity index (χ2v) is 7.36. The van der Waals surface area contributed by atoms with Gasteiger partial charge in [0.05, 0.1) is 29.5 Å². The molecule has 1 saturated carbocycles. The number of pyridine rings is 1. The Bertz CT molecular complexity index is 890. The highest BCUT2D eigenvalue weighted by atomic mass is 16.2. The molecule has 0 spiro atoms. The number of aryl methyl sites for hydroxylation is 2. The van der Waals surface area contributed by atoms with Crippen LogP contribution in [0.4, 0.5) is 22.1 Å². The van der Waals surface area contributed by atoms with Crippen molar-refractivity contribution in [3.63, 3.8) is 0 Å². The van der Waals surface area contributed by atoms with Gasteiger partial charge in [-0.3, -0.25) is 9.78 Å². The molecule has 2 aromatic rings. The Morgan fingerprint density at radius 2 is 1.83 bits per heavy atom. The monoisotopic (exact) mass is 401 g/mol. The lowest BCUT2D eigenvalue weighted by Gasteiger charge is -2.16. The summed E-state index contributed by atoms with van der Waals surface area (Å²) in [6.07, 6.45) is 8.01. The molecular weight excluding hydrogens is 370 g/mol. The van der Waals surface area contributed by atoms with E-state index in [2.05, 4.69) is 20.3 Å². The van der Waals surface area contributed by atoms with E-state index in [1.807, 2.05) is 19.9 Å². The van der Waals surface area contributed by atoms with Gasteiger partial charge in [0.1, 0.15) is 18.2 Å². The lowest BCUT2D eigenvalue weighted by Crippen LogP contribution is -2.31. The van der Waals surface area contributed by atoms with Crippen molar-refractivity contribution in [3.05, 3.63) is 35.9 Å². The van der Waals surface area contributed by atoms with E-state index in [0.29, 0.717) is 17.5 Å². The molecule has 9 nitrogen and oxygen atoms in total. The van der Waals surface area contributed by atoms with Crippen molar-refractivity contribution < 1.29 is 12.4 Å². The van der Waals surface area contributed by atoms with Crippen LogP contribution < -0.4 is 16.0 Å². The summed E-state index contributed by atoms with van der Waals surface area (Å²) in [4.78, 5) is 38.5.